The van der Waals surface area contributed by atoms with Gasteiger partial charge in [0.1, 0.15) is 0 Å². The van der Waals surface area contributed by atoms with Gasteiger partial charge in [0.2, 0.25) is 5.91 Å². The fraction of sp³-hybridized carbons (Fsp3) is 0.364. The molecule has 0 aromatic heterocycles. The lowest BCUT2D eigenvalue weighted by Crippen LogP contribution is -2.26. The molecule has 0 heterocycles. The highest BCUT2D eigenvalue weighted by molar-refractivity contribution is 9.09. The van der Waals surface area contributed by atoms with Crippen LogP contribution in [0.25, 0.3) is 0 Å². The SMILES string of the molecule is O=C(Cc1ccccc1)NCCCBr. The minimum Gasteiger partial charge on any atom is -0.356 e. The molecule has 76 valence electrons. The summed E-state index contributed by atoms with van der Waals surface area (Å²) in [7, 11) is 0. The molecule has 0 aliphatic carbocycles. The lowest BCUT2D eigenvalue weighted by molar-refractivity contribution is -0.120. The van der Waals surface area contributed by atoms with Crippen LogP contribution >= 0.6 is 15.9 Å². The number of hydrogen-bond donors (Lipinski definition) is 1. The third-order valence-electron chi connectivity index (χ3n) is 1.84. The van der Waals surface area contributed by atoms with Crippen LogP contribution in [0.2, 0.25) is 0 Å². The maximum Gasteiger partial charge on any atom is 0.224 e. The molecule has 0 spiro atoms. The Bertz CT molecular complexity index is 274. The monoisotopic (exact) mass is 255 g/mol. The second-order valence-electron chi connectivity index (χ2n) is 3.05. The van der Waals surface area contributed by atoms with Crippen molar-refractivity contribution in [2.75, 3.05) is 11.9 Å². The summed E-state index contributed by atoms with van der Waals surface area (Å²) in [6.45, 7) is 0.747. The zero-order valence-electron chi connectivity index (χ0n) is 8.00. The lowest BCUT2D eigenvalue weighted by Gasteiger charge is -2.03. The first-order valence-electron chi connectivity index (χ1n) is 4.69. The minimum absolute atomic E-state index is 0.0946. The first-order chi connectivity index (χ1) is 6.83. The largest absolute Gasteiger partial charge is 0.356 e. The molecule has 1 amide bonds. The van der Waals surface area contributed by atoms with E-state index in [9.17, 15) is 4.79 Å². The zero-order valence-corrected chi connectivity index (χ0v) is 9.59. The van der Waals surface area contributed by atoms with Crippen molar-refractivity contribution in [3.8, 4) is 0 Å². The van der Waals surface area contributed by atoms with Crippen LogP contribution in [0.1, 0.15) is 12.0 Å². The van der Waals surface area contributed by atoms with Crippen molar-refractivity contribution in [2.24, 2.45) is 0 Å². The van der Waals surface area contributed by atoms with E-state index in [0.29, 0.717) is 6.42 Å². The molecule has 1 N–H and O–H groups in total. The Balaban J connectivity index is 2.27. The van der Waals surface area contributed by atoms with Gasteiger partial charge in [0, 0.05) is 11.9 Å². The minimum atomic E-state index is 0.0946. The van der Waals surface area contributed by atoms with Gasteiger partial charge in [-0.3, -0.25) is 4.79 Å². The van der Waals surface area contributed by atoms with Crippen LogP contribution in [0.4, 0.5) is 0 Å². The molecule has 0 bridgehead atoms. The number of benzene rings is 1. The Morgan fingerprint density at radius 1 is 1.29 bits per heavy atom. The summed E-state index contributed by atoms with van der Waals surface area (Å²) < 4.78 is 0. The van der Waals surface area contributed by atoms with Crippen LogP contribution in [-0.2, 0) is 11.2 Å². The Kier molecular flexibility index (Phi) is 5.30. The van der Waals surface area contributed by atoms with Crippen LogP contribution < -0.4 is 5.32 Å². The first-order valence-corrected chi connectivity index (χ1v) is 5.81. The molecule has 0 aliphatic rings. The standard InChI is InChI=1S/C11H14BrNO/c12-7-4-8-13-11(14)9-10-5-2-1-3-6-10/h1-3,5-6H,4,7-9H2,(H,13,14). The summed E-state index contributed by atoms with van der Waals surface area (Å²) in [4.78, 5) is 11.4. The molecule has 0 saturated heterocycles. The Morgan fingerprint density at radius 3 is 2.64 bits per heavy atom. The van der Waals surface area contributed by atoms with Gasteiger partial charge < -0.3 is 5.32 Å². The summed E-state index contributed by atoms with van der Waals surface area (Å²) in [6.07, 6.45) is 1.45. The van der Waals surface area contributed by atoms with E-state index in [1.807, 2.05) is 30.3 Å². The van der Waals surface area contributed by atoms with Crippen LogP contribution in [0.15, 0.2) is 30.3 Å². The van der Waals surface area contributed by atoms with Crippen molar-refractivity contribution in [3.05, 3.63) is 35.9 Å². The van der Waals surface area contributed by atoms with Crippen molar-refractivity contribution in [2.45, 2.75) is 12.8 Å². The van der Waals surface area contributed by atoms with E-state index in [2.05, 4.69) is 21.2 Å². The quantitative estimate of drug-likeness (QED) is 0.634. The average Bonchev–Trinajstić information content (AvgIpc) is 2.20. The van der Waals surface area contributed by atoms with Gasteiger partial charge in [-0.15, -0.1) is 0 Å². The van der Waals surface area contributed by atoms with Gasteiger partial charge in [0.15, 0.2) is 0 Å². The van der Waals surface area contributed by atoms with E-state index in [4.69, 9.17) is 0 Å². The highest BCUT2D eigenvalue weighted by atomic mass is 79.9. The van der Waals surface area contributed by atoms with Crippen molar-refractivity contribution in [3.63, 3.8) is 0 Å². The molecule has 3 heteroatoms. The number of halogens is 1. The van der Waals surface area contributed by atoms with E-state index in [0.717, 1.165) is 23.9 Å². The molecule has 1 rings (SSSR count). The van der Waals surface area contributed by atoms with Crippen molar-refractivity contribution >= 4 is 21.8 Å². The van der Waals surface area contributed by atoms with E-state index < -0.39 is 0 Å². The molecule has 0 saturated carbocycles. The highest BCUT2D eigenvalue weighted by Crippen LogP contribution is 1.99. The summed E-state index contributed by atoms with van der Waals surface area (Å²) in [5, 5.41) is 3.79. The number of hydrogen-bond acceptors (Lipinski definition) is 1. The molecule has 0 atom stereocenters. The summed E-state index contributed by atoms with van der Waals surface area (Å²) >= 11 is 3.32. The maximum absolute atomic E-state index is 11.4. The fourth-order valence-corrected chi connectivity index (χ4v) is 1.42. The van der Waals surface area contributed by atoms with Gasteiger partial charge in [0.05, 0.1) is 6.42 Å². The molecule has 2 nitrogen and oxygen atoms in total. The Labute approximate surface area is 92.8 Å². The van der Waals surface area contributed by atoms with Gasteiger partial charge in [-0.2, -0.15) is 0 Å². The molecule has 14 heavy (non-hydrogen) atoms. The molecule has 0 fully saturated rings. The second kappa shape index (κ2) is 6.60. The molecular weight excluding hydrogens is 242 g/mol. The topological polar surface area (TPSA) is 29.1 Å². The maximum atomic E-state index is 11.4. The number of rotatable bonds is 5. The smallest absolute Gasteiger partial charge is 0.224 e. The third kappa shape index (κ3) is 4.42. The van der Waals surface area contributed by atoms with Gasteiger partial charge >= 0.3 is 0 Å². The highest BCUT2D eigenvalue weighted by Gasteiger charge is 2.00. The van der Waals surface area contributed by atoms with Crippen molar-refractivity contribution in [1.29, 1.82) is 0 Å². The number of amides is 1. The predicted molar refractivity (Wildman–Crippen MR) is 61.6 cm³/mol. The number of alkyl halides is 1. The van der Waals surface area contributed by atoms with E-state index >= 15 is 0 Å². The second-order valence-corrected chi connectivity index (χ2v) is 3.85. The lowest BCUT2D eigenvalue weighted by atomic mass is 10.1. The molecule has 1 aromatic rings. The fourth-order valence-electron chi connectivity index (χ4n) is 1.14. The van der Waals surface area contributed by atoms with Crippen LogP contribution in [-0.4, -0.2) is 17.8 Å². The summed E-state index contributed by atoms with van der Waals surface area (Å²) in [5.41, 5.74) is 1.06. The molecule has 0 radical (unpaired) electrons. The molecular formula is C11H14BrNO. The molecule has 1 aromatic carbocycles. The van der Waals surface area contributed by atoms with Crippen LogP contribution in [0, 0.1) is 0 Å². The zero-order chi connectivity index (χ0) is 10.2. The van der Waals surface area contributed by atoms with E-state index in [1.165, 1.54) is 0 Å². The van der Waals surface area contributed by atoms with Crippen LogP contribution in [0.5, 0.6) is 0 Å². The van der Waals surface area contributed by atoms with Gasteiger partial charge in [-0.05, 0) is 12.0 Å². The Hall–Kier alpha value is -0.830. The molecule has 0 aliphatic heterocycles. The van der Waals surface area contributed by atoms with Gasteiger partial charge in [-0.1, -0.05) is 46.3 Å². The van der Waals surface area contributed by atoms with Crippen molar-refractivity contribution < 1.29 is 4.79 Å². The first kappa shape index (κ1) is 11.2. The number of carbonyl (C=O) groups excluding carboxylic acids is 1. The molecule has 0 unspecified atom stereocenters. The third-order valence-corrected chi connectivity index (χ3v) is 2.40. The Morgan fingerprint density at radius 2 is 2.00 bits per heavy atom. The van der Waals surface area contributed by atoms with E-state index in [1.54, 1.807) is 0 Å². The van der Waals surface area contributed by atoms with E-state index in [-0.39, 0.29) is 5.91 Å². The van der Waals surface area contributed by atoms with Crippen LogP contribution in [0.3, 0.4) is 0 Å². The predicted octanol–water partition coefficient (Wildman–Crippen LogP) is 2.13. The number of nitrogens with one attached hydrogen (secondary N) is 1. The summed E-state index contributed by atoms with van der Waals surface area (Å²) in [6, 6.07) is 9.77. The van der Waals surface area contributed by atoms with Gasteiger partial charge in [0.25, 0.3) is 0 Å². The normalized spacial score (nSPS) is 9.79. The summed E-state index contributed by atoms with van der Waals surface area (Å²) in [5.74, 6) is 0.0946. The van der Waals surface area contributed by atoms with Gasteiger partial charge in [-0.25, -0.2) is 0 Å². The number of carbonyl (C=O) groups is 1. The van der Waals surface area contributed by atoms with Crippen molar-refractivity contribution in [1.82, 2.24) is 5.32 Å². The average molecular weight is 256 g/mol.